The molecule has 2 rings (SSSR count). The Kier molecular flexibility index (Phi) is 7.02. The highest BCUT2D eigenvalue weighted by atomic mass is 16.5. The van der Waals surface area contributed by atoms with Gasteiger partial charge in [-0.15, -0.1) is 0 Å². The van der Waals surface area contributed by atoms with Gasteiger partial charge in [-0.2, -0.15) is 0 Å². The summed E-state index contributed by atoms with van der Waals surface area (Å²) in [5.41, 5.74) is 9.36. The van der Waals surface area contributed by atoms with Crippen LogP contribution in [0.1, 0.15) is 23.1 Å². The first kappa shape index (κ1) is 19.3. The summed E-state index contributed by atoms with van der Waals surface area (Å²) >= 11 is 0. The lowest BCUT2D eigenvalue weighted by Crippen LogP contribution is -2.38. The van der Waals surface area contributed by atoms with Gasteiger partial charge in [0.15, 0.2) is 0 Å². The topological polar surface area (TPSA) is 90.6 Å². The number of aryl methyl sites for hydroxylation is 1. The fourth-order valence-corrected chi connectivity index (χ4v) is 2.57. The number of benzene rings is 2. The molecule has 0 aliphatic carbocycles. The average Bonchev–Trinajstić information content (AvgIpc) is 2.63. The Morgan fingerprint density at radius 2 is 1.88 bits per heavy atom. The van der Waals surface area contributed by atoms with E-state index in [0.29, 0.717) is 12.1 Å². The first-order chi connectivity index (χ1) is 12.5. The SMILES string of the molecule is COC(=O)CC(Cc1cc(N)ccc1C)NC(=O)OCc1ccccc1. The van der Waals surface area contributed by atoms with E-state index in [1.807, 2.05) is 55.5 Å². The maximum Gasteiger partial charge on any atom is 0.407 e. The van der Waals surface area contributed by atoms with Gasteiger partial charge in [-0.3, -0.25) is 4.79 Å². The van der Waals surface area contributed by atoms with Crippen LogP contribution in [0.15, 0.2) is 48.5 Å². The normalized spacial score (nSPS) is 11.5. The highest BCUT2D eigenvalue weighted by Gasteiger charge is 2.19. The second-order valence-corrected chi connectivity index (χ2v) is 6.07. The first-order valence-corrected chi connectivity index (χ1v) is 8.37. The standard InChI is InChI=1S/C20H24N2O4/c1-14-8-9-17(21)10-16(14)11-18(12-19(23)25-2)22-20(24)26-13-15-6-4-3-5-7-15/h3-10,18H,11-13,21H2,1-2H3,(H,22,24). The number of nitrogens with one attached hydrogen (secondary N) is 1. The molecule has 26 heavy (non-hydrogen) atoms. The lowest BCUT2D eigenvalue weighted by Gasteiger charge is -2.19. The average molecular weight is 356 g/mol. The van der Waals surface area contributed by atoms with Crippen molar-refractivity contribution in [1.82, 2.24) is 5.32 Å². The Hall–Kier alpha value is -3.02. The molecule has 0 bridgehead atoms. The molecule has 0 fully saturated rings. The van der Waals surface area contributed by atoms with Crippen molar-refractivity contribution in [1.29, 1.82) is 0 Å². The zero-order valence-electron chi connectivity index (χ0n) is 15.0. The summed E-state index contributed by atoms with van der Waals surface area (Å²) in [6.07, 6.45) is -0.0817. The Labute approximate surface area is 153 Å². The number of carbonyl (C=O) groups is 2. The Morgan fingerprint density at radius 1 is 1.15 bits per heavy atom. The second-order valence-electron chi connectivity index (χ2n) is 6.07. The molecule has 2 aromatic carbocycles. The van der Waals surface area contributed by atoms with E-state index in [0.717, 1.165) is 16.7 Å². The summed E-state index contributed by atoms with van der Waals surface area (Å²) < 4.78 is 9.97. The van der Waals surface area contributed by atoms with Gasteiger partial charge < -0.3 is 20.5 Å². The molecule has 3 N–H and O–H groups in total. The molecule has 0 heterocycles. The minimum atomic E-state index is -0.579. The largest absolute Gasteiger partial charge is 0.469 e. The number of ether oxygens (including phenoxy) is 2. The molecule has 0 radical (unpaired) electrons. The van der Waals surface area contributed by atoms with Gasteiger partial charge in [0.1, 0.15) is 6.61 Å². The summed E-state index contributed by atoms with van der Waals surface area (Å²) in [7, 11) is 1.32. The van der Waals surface area contributed by atoms with E-state index < -0.39 is 18.1 Å². The van der Waals surface area contributed by atoms with Gasteiger partial charge in [-0.1, -0.05) is 36.4 Å². The number of hydrogen-bond acceptors (Lipinski definition) is 5. The zero-order chi connectivity index (χ0) is 18.9. The van der Waals surface area contributed by atoms with E-state index in [9.17, 15) is 9.59 Å². The molecule has 0 aliphatic heterocycles. The number of nitrogen functional groups attached to an aromatic ring is 1. The maximum absolute atomic E-state index is 12.1. The van der Waals surface area contributed by atoms with Crippen molar-refractivity contribution in [2.24, 2.45) is 0 Å². The maximum atomic E-state index is 12.1. The summed E-state index contributed by atoms with van der Waals surface area (Å²) in [6, 6.07) is 14.5. The molecule has 0 aromatic heterocycles. The van der Waals surface area contributed by atoms with Crippen LogP contribution in [0, 0.1) is 6.92 Å². The Balaban J connectivity index is 2.00. The molecule has 0 saturated heterocycles. The Morgan fingerprint density at radius 3 is 2.58 bits per heavy atom. The summed E-state index contributed by atoms with van der Waals surface area (Å²) in [6.45, 7) is 2.12. The fourth-order valence-electron chi connectivity index (χ4n) is 2.57. The molecule has 1 amide bonds. The van der Waals surface area contributed by atoms with Crippen molar-refractivity contribution < 1.29 is 19.1 Å². The molecular weight excluding hydrogens is 332 g/mol. The predicted octanol–water partition coefficient (Wildman–Crippen LogP) is 2.98. The van der Waals surface area contributed by atoms with Crippen molar-refractivity contribution in [3.63, 3.8) is 0 Å². The van der Waals surface area contributed by atoms with Crippen LogP contribution in [0.5, 0.6) is 0 Å². The molecular formula is C20H24N2O4. The highest BCUT2D eigenvalue weighted by molar-refractivity contribution is 5.72. The number of anilines is 1. The predicted molar refractivity (Wildman–Crippen MR) is 99.5 cm³/mol. The van der Waals surface area contributed by atoms with Gasteiger partial charge in [0.25, 0.3) is 0 Å². The van der Waals surface area contributed by atoms with Gasteiger partial charge in [0.2, 0.25) is 0 Å². The van der Waals surface area contributed by atoms with E-state index in [2.05, 4.69) is 5.32 Å². The quantitative estimate of drug-likeness (QED) is 0.588. The molecule has 6 nitrogen and oxygen atoms in total. The number of esters is 1. The van der Waals surface area contributed by atoms with E-state index in [-0.39, 0.29) is 13.0 Å². The summed E-state index contributed by atoms with van der Waals surface area (Å²) in [4.78, 5) is 23.8. The van der Waals surface area contributed by atoms with Gasteiger partial charge >= 0.3 is 12.1 Å². The zero-order valence-corrected chi connectivity index (χ0v) is 15.0. The minimum absolute atomic E-state index is 0.0468. The lowest BCUT2D eigenvalue weighted by molar-refractivity contribution is -0.141. The van der Waals surface area contributed by atoms with Gasteiger partial charge in [0.05, 0.1) is 13.5 Å². The number of carbonyl (C=O) groups excluding carboxylic acids is 2. The molecule has 0 saturated carbocycles. The van der Waals surface area contributed by atoms with Crippen LogP contribution < -0.4 is 11.1 Å². The smallest absolute Gasteiger partial charge is 0.407 e. The second kappa shape index (κ2) is 9.46. The highest BCUT2D eigenvalue weighted by Crippen LogP contribution is 2.16. The third-order valence-corrected chi connectivity index (χ3v) is 4.01. The van der Waals surface area contributed by atoms with Gasteiger partial charge in [0, 0.05) is 11.7 Å². The monoisotopic (exact) mass is 356 g/mol. The molecule has 138 valence electrons. The van der Waals surface area contributed by atoms with E-state index >= 15 is 0 Å². The molecule has 6 heteroatoms. The van der Waals surface area contributed by atoms with Crippen molar-refractivity contribution in [3.05, 3.63) is 65.2 Å². The summed E-state index contributed by atoms with van der Waals surface area (Å²) in [5.74, 6) is -0.403. The number of hydrogen-bond donors (Lipinski definition) is 2. The van der Waals surface area contributed by atoms with Crippen LogP contribution in [0.25, 0.3) is 0 Å². The van der Waals surface area contributed by atoms with Crippen LogP contribution >= 0.6 is 0 Å². The van der Waals surface area contributed by atoms with E-state index in [1.54, 1.807) is 0 Å². The lowest BCUT2D eigenvalue weighted by atomic mass is 9.98. The van der Waals surface area contributed by atoms with Gasteiger partial charge in [-0.05, 0) is 42.2 Å². The molecule has 1 unspecified atom stereocenters. The van der Waals surface area contributed by atoms with E-state index in [4.69, 9.17) is 15.2 Å². The number of methoxy groups -OCH3 is 1. The number of rotatable bonds is 7. The van der Waals surface area contributed by atoms with Crippen LogP contribution in [0.3, 0.4) is 0 Å². The summed E-state index contributed by atoms with van der Waals surface area (Å²) in [5, 5.41) is 2.74. The van der Waals surface area contributed by atoms with Gasteiger partial charge in [-0.25, -0.2) is 4.79 Å². The number of nitrogens with two attached hydrogens (primary N) is 1. The first-order valence-electron chi connectivity index (χ1n) is 8.37. The number of amides is 1. The Bertz CT molecular complexity index is 747. The molecule has 0 spiro atoms. The number of alkyl carbamates (subject to hydrolysis) is 1. The van der Waals surface area contributed by atoms with Crippen molar-refractivity contribution >= 4 is 17.7 Å². The minimum Gasteiger partial charge on any atom is -0.469 e. The van der Waals surface area contributed by atoms with Crippen LogP contribution in [-0.2, 0) is 27.3 Å². The van der Waals surface area contributed by atoms with Crippen LogP contribution in [-0.4, -0.2) is 25.2 Å². The third kappa shape index (κ3) is 6.12. The van der Waals surface area contributed by atoms with E-state index in [1.165, 1.54) is 7.11 Å². The fraction of sp³-hybridized carbons (Fsp3) is 0.300. The molecule has 0 aliphatic rings. The van der Waals surface area contributed by atoms with Crippen molar-refractivity contribution in [2.75, 3.05) is 12.8 Å². The van der Waals surface area contributed by atoms with Crippen molar-refractivity contribution in [3.8, 4) is 0 Å². The van der Waals surface area contributed by atoms with Crippen LogP contribution in [0.2, 0.25) is 0 Å². The third-order valence-electron chi connectivity index (χ3n) is 4.01. The van der Waals surface area contributed by atoms with Crippen molar-refractivity contribution in [2.45, 2.75) is 32.4 Å². The van der Waals surface area contributed by atoms with Crippen LogP contribution in [0.4, 0.5) is 10.5 Å². The molecule has 1 atom stereocenters. The molecule has 2 aromatic rings.